The van der Waals surface area contributed by atoms with Crippen molar-refractivity contribution in [3.8, 4) is 11.8 Å². The summed E-state index contributed by atoms with van der Waals surface area (Å²) in [5.74, 6) is 6.03. The van der Waals surface area contributed by atoms with Gasteiger partial charge in [-0.2, -0.15) is 0 Å². The molecule has 2 rings (SSSR count). The van der Waals surface area contributed by atoms with Crippen LogP contribution in [0.25, 0.3) is 0 Å². The summed E-state index contributed by atoms with van der Waals surface area (Å²) < 4.78 is 5.52. The van der Waals surface area contributed by atoms with Gasteiger partial charge in [0.15, 0.2) is 0 Å². The van der Waals surface area contributed by atoms with E-state index in [2.05, 4.69) is 11.8 Å². The van der Waals surface area contributed by atoms with Gasteiger partial charge in [0.2, 0.25) is 5.91 Å². The molecule has 1 aliphatic rings. The van der Waals surface area contributed by atoms with Gasteiger partial charge in [0, 0.05) is 25.8 Å². The molecular weight excluding hydrogens is 264 g/mol. The van der Waals surface area contributed by atoms with Gasteiger partial charge in [-0.15, -0.1) is 0 Å². The largest absolute Gasteiger partial charge is 0.378 e. The van der Waals surface area contributed by atoms with E-state index in [0.717, 1.165) is 30.6 Å². The molecule has 1 saturated heterocycles. The fourth-order valence-corrected chi connectivity index (χ4v) is 2.43. The van der Waals surface area contributed by atoms with Crippen molar-refractivity contribution in [2.24, 2.45) is 5.73 Å². The molecule has 0 bridgehead atoms. The lowest BCUT2D eigenvalue weighted by Crippen LogP contribution is -2.29. The van der Waals surface area contributed by atoms with Crippen LogP contribution < -0.4 is 5.73 Å². The fourth-order valence-electron chi connectivity index (χ4n) is 2.43. The van der Waals surface area contributed by atoms with E-state index in [1.807, 2.05) is 31.3 Å². The smallest absolute Gasteiger partial charge is 0.225 e. The van der Waals surface area contributed by atoms with Crippen LogP contribution in [-0.4, -0.2) is 37.1 Å². The molecule has 1 atom stereocenters. The molecule has 4 heteroatoms. The average molecular weight is 286 g/mol. The Morgan fingerprint density at radius 2 is 2.29 bits per heavy atom. The number of carbonyl (C=O) groups excluding carboxylic acids is 1. The zero-order valence-electron chi connectivity index (χ0n) is 12.5. The third kappa shape index (κ3) is 4.59. The number of amides is 1. The van der Waals surface area contributed by atoms with E-state index in [1.165, 1.54) is 0 Å². The third-order valence-electron chi connectivity index (χ3n) is 3.60. The quantitative estimate of drug-likeness (QED) is 0.854. The summed E-state index contributed by atoms with van der Waals surface area (Å²) in [7, 11) is 1.82. The molecule has 0 spiro atoms. The molecule has 1 aromatic rings. The van der Waals surface area contributed by atoms with Crippen molar-refractivity contribution in [2.75, 3.05) is 20.2 Å². The van der Waals surface area contributed by atoms with Crippen LogP contribution in [0.1, 0.15) is 30.4 Å². The van der Waals surface area contributed by atoms with Crippen molar-refractivity contribution in [2.45, 2.75) is 31.9 Å². The molecular formula is C17H22N2O2. The van der Waals surface area contributed by atoms with Gasteiger partial charge in [0.05, 0.1) is 19.1 Å². The van der Waals surface area contributed by atoms with E-state index >= 15 is 0 Å². The lowest BCUT2D eigenvalue weighted by atomic mass is 10.1. The van der Waals surface area contributed by atoms with Crippen molar-refractivity contribution in [1.82, 2.24) is 4.90 Å². The molecule has 1 aliphatic heterocycles. The van der Waals surface area contributed by atoms with Crippen LogP contribution in [0.2, 0.25) is 0 Å². The van der Waals surface area contributed by atoms with Gasteiger partial charge in [-0.3, -0.25) is 4.79 Å². The van der Waals surface area contributed by atoms with Crippen LogP contribution in [0.4, 0.5) is 0 Å². The average Bonchev–Trinajstić information content (AvgIpc) is 2.99. The van der Waals surface area contributed by atoms with E-state index in [9.17, 15) is 4.79 Å². The maximum Gasteiger partial charge on any atom is 0.225 e. The number of carbonyl (C=O) groups is 1. The number of nitrogens with zero attached hydrogens (tertiary/aromatic N) is 1. The third-order valence-corrected chi connectivity index (χ3v) is 3.60. The second-order valence-corrected chi connectivity index (χ2v) is 5.25. The summed E-state index contributed by atoms with van der Waals surface area (Å²) in [5.41, 5.74) is 7.39. The molecule has 1 amide bonds. The monoisotopic (exact) mass is 286 g/mol. The zero-order valence-corrected chi connectivity index (χ0v) is 12.5. The summed E-state index contributed by atoms with van der Waals surface area (Å²) in [4.78, 5) is 14.0. The number of nitrogens with two attached hydrogens (primary N) is 1. The Labute approximate surface area is 126 Å². The van der Waals surface area contributed by atoms with Crippen molar-refractivity contribution in [3.05, 3.63) is 35.4 Å². The van der Waals surface area contributed by atoms with Crippen LogP contribution in [0, 0.1) is 11.8 Å². The summed E-state index contributed by atoms with van der Waals surface area (Å²) in [6.45, 7) is 1.67. The minimum absolute atomic E-state index is 0.0900. The fraction of sp³-hybridized carbons (Fsp3) is 0.471. The SMILES string of the molecule is CN(Cc1ccccc1C#CCN)C(=O)CC1CCCO1. The molecule has 0 radical (unpaired) electrons. The van der Waals surface area contributed by atoms with E-state index in [-0.39, 0.29) is 12.0 Å². The second kappa shape index (κ2) is 7.82. The predicted molar refractivity (Wildman–Crippen MR) is 82.4 cm³/mol. The zero-order chi connectivity index (χ0) is 15.1. The van der Waals surface area contributed by atoms with Gasteiger partial charge in [0.1, 0.15) is 0 Å². The van der Waals surface area contributed by atoms with E-state index < -0.39 is 0 Å². The van der Waals surface area contributed by atoms with Gasteiger partial charge in [-0.05, 0) is 24.5 Å². The molecule has 1 heterocycles. The lowest BCUT2D eigenvalue weighted by molar-refractivity contribution is -0.132. The Balaban J connectivity index is 1.98. The van der Waals surface area contributed by atoms with Gasteiger partial charge in [-0.1, -0.05) is 30.0 Å². The molecule has 0 saturated carbocycles. The van der Waals surface area contributed by atoms with Crippen LogP contribution in [0.15, 0.2) is 24.3 Å². The van der Waals surface area contributed by atoms with Crippen LogP contribution in [-0.2, 0) is 16.1 Å². The molecule has 4 nitrogen and oxygen atoms in total. The van der Waals surface area contributed by atoms with E-state index in [1.54, 1.807) is 4.90 Å². The Hall–Kier alpha value is -1.83. The Morgan fingerprint density at radius 1 is 1.48 bits per heavy atom. The summed E-state index contributed by atoms with van der Waals surface area (Å²) in [6.07, 6.45) is 2.59. The predicted octanol–water partition coefficient (Wildman–Crippen LogP) is 1.52. The van der Waals surface area contributed by atoms with Crippen LogP contribution in [0.3, 0.4) is 0 Å². The van der Waals surface area contributed by atoms with Crippen molar-refractivity contribution in [3.63, 3.8) is 0 Å². The van der Waals surface area contributed by atoms with Gasteiger partial charge in [-0.25, -0.2) is 0 Å². The molecule has 1 fully saturated rings. The minimum Gasteiger partial charge on any atom is -0.378 e. The second-order valence-electron chi connectivity index (χ2n) is 5.25. The molecule has 0 aromatic heterocycles. The van der Waals surface area contributed by atoms with Crippen LogP contribution >= 0.6 is 0 Å². The normalized spacial score (nSPS) is 17.1. The first-order valence-corrected chi connectivity index (χ1v) is 7.33. The minimum atomic E-state index is 0.0900. The number of ether oxygens (including phenoxy) is 1. The number of benzene rings is 1. The highest BCUT2D eigenvalue weighted by atomic mass is 16.5. The Kier molecular flexibility index (Phi) is 5.79. The topological polar surface area (TPSA) is 55.6 Å². The molecule has 0 aliphatic carbocycles. The van der Waals surface area contributed by atoms with E-state index in [0.29, 0.717) is 19.5 Å². The number of hydrogen-bond donors (Lipinski definition) is 1. The molecule has 2 N–H and O–H groups in total. The summed E-state index contributed by atoms with van der Waals surface area (Å²) >= 11 is 0. The summed E-state index contributed by atoms with van der Waals surface area (Å²) in [6, 6.07) is 7.85. The first-order chi connectivity index (χ1) is 10.2. The number of rotatable bonds is 4. The highest BCUT2D eigenvalue weighted by Crippen LogP contribution is 2.17. The van der Waals surface area contributed by atoms with E-state index in [4.69, 9.17) is 10.5 Å². The first kappa shape index (κ1) is 15.6. The van der Waals surface area contributed by atoms with Crippen molar-refractivity contribution >= 4 is 5.91 Å². The lowest BCUT2D eigenvalue weighted by Gasteiger charge is -2.20. The van der Waals surface area contributed by atoms with Crippen molar-refractivity contribution < 1.29 is 9.53 Å². The van der Waals surface area contributed by atoms with Crippen LogP contribution in [0.5, 0.6) is 0 Å². The highest BCUT2D eigenvalue weighted by Gasteiger charge is 2.21. The van der Waals surface area contributed by atoms with Gasteiger partial charge >= 0.3 is 0 Å². The van der Waals surface area contributed by atoms with Crippen molar-refractivity contribution in [1.29, 1.82) is 0 Å². The highest BCUT2D eigenvalue weighted by molar-refractivity contribution is 5.76. The maximum absolute atomic E-state index is 12.2. The maximum atomic E-state index is 12.2. The first-order valence-electron chi connectivity index (χ1n) is 7.33. The Morgan fingerprint density at radius 3 is 3.00 bits per heavy atom. The molecule has 1 aromatic carbocycles. The van der Waals surface area contributed by atoms with Gasteiger partial charge < -0.3 is 15.4 Å². The molecule has 21 heavy (non-hydrogen) atoms. The Bertz CT molecular complexity index is 539. The number of hydrogen-bond acceptors (Lipinski definition) is 3. The standard InChI is InChI=1S/C17H22N2O2/c1-19(17(20)12-16-9-5-11-21-16)13-15-7-3-2-6-14(15)8-4-10-18/h2-3,6-7,16H,5,9-13,18H2,1H3. The van der Waals surface area contributed by atoms with Gasteiger partial charge in [0.25, 0.3) is 0 Å². The molecule has 112 valence electrons. The molecule has 1 unspecified atom stereocenters. The summed E-state index contributed by atoms with van der Waals surface area (Å²) in [5, 5.41) is 0.